The molecule has 0 aliphatic carbocycles. The highest BCUT2D eigenvalue weighted by Crippen LogP contribution is 2.28. The highest BCUT2D eigenvalue weighted by atomic mass is 35.5. The zero-order chi connectivity index (χ0) is 15.4. The van der Waals surface area contributed by atoms with Crippen LogP contribution in [0.3, 0.4) is 0 Å². The summed E-state index contributed by atoms with van der Waals surface area (Å²) in [5.74, 6) is 1.90. The lowest BCUT2D eigenvalue weighted by atomic mass is 9.89. The highest BCUT2D eigenvalue weighted by molar-refractivity contribution is 6.30. The van der Waals surface area contributed by atoms with Crippen LogP contribution in [0.1, 0.15) is 39.5 Å². The standard InChI is InChI=1S/C16H22ClN3O/c1-5-18-11(4)14(10(2)3)16-19-15(20-21-16)12-6-8-13(17)9-7-12/h6-11,14,18H,5H2,1-4H3. The van der Waals surface area contributed by atoms with Crippen molar-refractivity contribution in [3.8, 4) is 11.4 Å². The molecule has 0 radical (unpaired) electrons. The fourth-order valence-corrected chi connectivity index (χ4v) is 2.74. The number of aromatic nitrogens is 2. The number of hydrogen-bond donors (Lipinski definition) is 1. The minimum atomic E-state index is 0.193. The van der Waals surface area contributed by atoms with Gasteiger partial charge in [0.1, 0.15) is 0 Å². The molecule has 0 bridgehead atoms. The van der Waals surface area contributed by atoms with Gasteiger partial charge in [0.15, 0.2) is 0 Å². The van der Waals surface area contributed by atoms with Crippen LogP contribution in [0.2, 0.25) is 5.02 Å². The Morgan fingerprint density at radius 1 is 1.19 bits per heavy atom. The molecule has 0 fully saturated rings. The lowest BCUT2D eigenvalue weighted by molar-refractivity contribution is 0.281. The van der Waals surface area contributed by atoms with E-state index < -0.39 is 0 Å². The zero-order valence-electron chi connectivity index (χ0n) is 12.9. The highest BCUT2D eigenvalue weighted by Gasteiger charge is 2.28. The van der Waals surface area contributed by atoms with E-state index in [0.29, 0.717) is 22.7 Å². The molecule has 1 N–H and O–H groups in total. The Balaban J connectivity index is 2.26. The van der Waals surface area contributed by atoms with Gasteiger partial charge in [-0.2, -0.15) is 4.98 Å². The SMILES string of the molecule is CCNC(C)C(c1nc(-c2ccc(Cl)cc2)no1)C(C)C. The van der Waals surface area contributed by atoms with E-state index in [0.717, 1.165) is 12.1 Å². The molecule has 4 nitrogen and oxygen atoms in total. The molecule has 0 amide bonds. The van der Waals surface area contributed by atoms with Crippen molar-refractivity contribution in [1.29, 1.82) is 0 Å². The van der Waals surface area contributed by atoms with E-state index in [-0.39, 0.29) is 12.0 Å². The maximum Gasteiger partial charge on any atom is 0.231 e. The number of nitrogens with zero attached hydrogens (tertiary/aromatic N) is 2. The van der Waals surface area contributed by atoms with E-state index >= 15 is 0 Å². The summed E-state index contributed by atoms with van der Waals surface area (Å²) >= 11 is 5.90. The summed E-state index contributed by atoms with van der Waals surface area (Å²) in [7, 11) is 0. The average Bonchev–Trinajstić information content (AvgIpc) is 2.89. The van der Waals surface area contributed by atoms with Crippen LogP contribution < -0.4 is 5.32 Å². The first-order valence-electron chi connectivity index (χ1n) is 7.35. The Labute approximate surface area is 130 Å². The average molecular weight is 308 g/mol. The minimum absolute atomic E-state index is 0.193. The third-order valence-electron chi connectivity index (χ3n) is 3.61. The Morgan fingerprint density at radius 2 is 1.86 bits per heavy atom. The van der Waals surface area contributed by atoms with Crippen LogP contribution in [0.25, 0.3) is 11.4 Å². The maximum atomic E-state index is 5.90. The van der Waals surface area contributed by atoms with Gasteiger partial charge in [0.25, 0.3) is 0 Å². The van der Waals surface area contributed by atoms with Crippen LogP contribution in [0.4, 0.5) is 0 Å². The van der Waals surface area contributed by atoms with Gasteiger partial charge in [0.05, 0.1) is 5.92 Å². The van der Waals surface area contributed by atoms with Gasteiger partial charge in [-0.25, -0.2) is 0 Å². The van der Waals surface area contributed by atoms with Gasteiger partial charge < -0.3 is 9.84 Å². The molecular formula is C16H22ClN3O. The van der Waals surface area contributed by atoms with Crippen LogP contribution in [-0.4, -0.2) is 22.7 Å². The molecule has 0 aliphatic heterocycles. The molecule has 2 unspecified atom stereocenters. The van der Waals surface area contributed by atoms with E-state index in [1.54, 1.807) is 0 Å². The van der Waals surface area contributed by atoms with Crippen molar-refractivity contribution in [1.82, 2.24) is 15.5 Å². The van der Waals surface area contributed by atoms with Gasteiger partial charge >= 0.3 is 0 Å². The van der Waals surface area contributed by atoms with Crippen molar-refractivity contribution in [2.45, 2.75) is 39.7 Å². The molecule has 21 heavy (non-hydrogen) atoms. The summed E-state index contributed by atoms with van der Waals surface area (Å²) < 4.78 is 5.51. The monoisotopic (exact) mass is 307 g/mol. The Bertz CT molecular complexity index is 565. The topological polar surface area (TPSA) is 51.0 Å². The van der Waals surface area contributed by atoms with E-state index in [4.69, 9.17) is 16.1 Å². The Kier molecular flexibility index (Phi) is 5.37. The van der Waals surface area contributed by atoms with Gasteiger partial charge in [-0.1, -0.05) is 37.5 Å². The molecule has 2 atom stereocenters. The first-order valence-corrected chi connectivity index (χ1v) is 7.73. The van der Waals surface area contributed by atoms with Crippen molar-refractivity contribution >= 4 is 11.6 Å². The number of halogens is 1. The van der Waals surface area contributed by atoms with Gasteiger partial charge in [0.2, 0.25) is 11.7 Å². The molecule has 1 aromatic carbocycles. The van der Waals surface area contributed by atoms with Crippen molar-refractivity contribution in [3.63, 3.8) is 0 Å². The van der Waals surface area contributed by atoms with Crippen molar-refractivity contribution in [2.75, 3.05) is 6.54 Å². The third kappa shape index (κ3) is 3.83. The van der Waals surface area contributed by atoms with E-state index in [2.05, 4.69) is 43.2 Å². The van der Waals surface area contributed by atoms with Crippen LogP contribution >= 0.6 is 11.6 Å². The molecule has 2 aromatic rings. The number of likely N-dealkylation sites (N-methyl/N-ethyl adjacent to an activating group) is 1. The van der Waals surface area contributed by atoms with Gasteiger partial charge in [-0.15, -0.1) is 0 Å². The molecule has 0 saturated heterocycles. The van der Waals surface area contributed by atoms with Gasteiger partial charge in [0, 0.05) is 16.6 Å². The summed E-state index contributed by atoms with van der Waals surface area (Å²) in [5.41, 5.74) is 0.910. The second-order valence-electron chi connectivity index (χ2n) is 5.58. The lowest BCUT2D eigenvalue weighted by Gasteiger charge is -2.24. The maximum absolute atomic E-state index is 5.90. The summed E-state index contributed by atoms with van der Waals surface area (Å²) in [6.45, 7) is 9.51. The fourth-order valence-electron chi connectivity index (χ4n) is 2.61. The number of hydrogen-bond acceptors (Lipinski definition) is 4. The number of benzene rings is 1. The predicted octanol–water partition coefficient (Wildman–Crippen LogP) is 4.13. The molecule has 1 heterocycles. The minimum Gasteiger partial charge on any atom is -0.339 e. The Hall–Kier alpha value is -1.39. The molecule has 2 rings (SSSR count). The van der Waals surface area contributed by atoms with Crippen LogP contribution in [0.15, 0.2) is 28.8 Å². The normalized spacial score (nSPS) is 14.4. The van der Waals surface area contributed by atoms with Crippen LogP contribution in [0.5, 0.6) is 0 Å². The quantitative estimate of drug-likeness (QED) is 0.872. The second-order valence-corrected chi connectivity index (χ2v) is 6.02. The van der Waals surface area contributed by atoms with E-state index in [1.165, 1.54) is 0 Å². The predicted molar refractivity (Wildman–Crippen MR) is 85.5 cm³/mol. The molecule has 0 saturated carbocycles. The number of nitrogens with one attached hydrogen (secondary N) is 1. The summed E-state index contributed by atoms with van der Waals surface area (Å²) in [5, 5.41) is 8.24. The zero-order valence-corrected chi connectivity index (χ0v) is 13.7. The van der Waals surface area contributed by atoms with Crippen molar-refractivity contribution < 1.29 is 4.52 Å². The molecule has 0 aliphatic rings. The van der Waals surface area contributed by atoms with Crippen molar-refractivity contribution in [3.05, 3.63) is 35.2 Å². The molecule has 114 valence electrons. The first-order chi connectivity index (χ1) is 10.0. The molecule has 5 heteroatoms. The van der Waals surface area contributed by atoms with Gasteiger partial charge in [-0.3, -0.25) is 0 Å². The van der Waals surface area contributed by atoms with Gasteiger partial charge in [-0.05, 0) is 43.7 Å². The Morgan fingerprint density at radius 3 is 2.43 bits per heavy atom. The van der Waals surface area contributed by atoms with E-state index in [9.17, 15) is 0 Å². The van der Waals surface area contributed by atoms with Crippen LogP contribution in [0, 0.1) is 5.92 Å². The third-order valence-corrected chi connectivity index (χ3v) is 3.86. The summed E-state index contributed by atoms with van der Waals surface area (Å²) in [6, 6.07) is 7.74. The molecule has 0 spiro atoms. The molecule has 1 aromatic heterocycles. The summed E-state index contributed by atoms with van der Waals surface area (Å²) in [4.78, 5) is 4.57. The van der Waals surface area contributed by atoms with Crippen molar-refractivity contribution in [2.24, 2.45) is 5.92 Å². The number of rotatable bonds is 6. The lowest BCUT2D eigenvalue weighted by Crippen LogP contribution is -2.34. The fraction of sp³-hybridized carbons (Fsp3) is 0.500. The smallest absolute Gasteiger partial charge is 0.231 e. The first kappa shape index (κ1) is 16.0. The molecular weight excluding hydrogens is 286 g/mol. The largest absolute Gasteiger partial charge is 0.339 e. The van der Waals surface area contributed by atoms with Crippen LogP contribution in [-0.2, 0) is 0 Å². The van der Waals surface area contributed by atoms with E-state index in [1.807, 2.05) is 24.3 Å². The second kappa shape index (κ2) is 7.05. The summed E-state index contributed by atoms with van der Waals surface area (Å²) in [6.07, 6.45) is 0.